The lowest BCUT2D eigenvalue weighted by atomic mass is 10.00. The molecule has 0 amide bonds. The maximum absolute atomic E-state index is 10.6. The number of fused-ring (bicyclic) bond motifs is 2. The Hall–Kier alpha value is -2.10. The van der Waals surface area contributed by atoms with Gasteiger partial charge in [-0.05, 0) is 42.2 Å². The molecule has 3 nitrogen and oxygen atoms in total. The molecule has 1 aliphatic rings. The van der Waals surface area contributed by atoms with Crippen molar-refractivity contribution in [3.8, 4) is 0 Å². The summed E-state index contributed by atoms with van der Waals surface area (Å²) in [6.45, 7) is 5.47. The van der Waals surface area contributed by atoms with Crippen LogP contribution in [0.3, 0.4) is 0 Å². The van der Waals surface area contributed by atoms with E-state index in [9.17, 15) is 5.11 Å². The Morgan fingerprint density at radius 1 is 1.00 bits per heavy atom. The highest BCUT2D eigenvalue weighted by atomic mass is 16.3. The zero-order chi connectivity index (χ0) is 16.5. The Kier molecular flexibility index (Phi) is 4.13. The molecular weight excluding hydrogens is 296 g/mol. The first-order valence-corrected chi connectivity index (χ1v) is 8.72. The van der Waals surface area contributed by atoms with Gasteiger partial charge < -0.3 is 9.67 Å². The molecule has 1 atom stereocenters. The Morgan fingerprint density at radius 3 is 2.71 bits per heavy atom. The van der Waals surface area contributed by atoms with Crippen LogP contribution < -0.4 is 0 Å². The molecule has 0 radical (unpaired) electrons. The molecule has 3 aromatic rings. The van der Waals surface area contributed by atoms with Gasteiger partial charge in [0.25, 0.3) is 0 Å². The van der Waals surface area contributed by atoms with Crippen LogP contribution in [0.15, 0.2) is 54.7 Å². The molecule has 3 heteroatoms. The van der Waals surface area contributed by atoms with E-state index < -0.39 is 0 Å². The fraction of sp³-hybridized carbons (Fsp3) is 0.333. The second-order valence-electron chi connectivity index (χ2n) is 6.88. The maximum atomic E-state index is 10.6. The molecule has 0 saturated carbocycles. The van der Waals surface area contributed by atoms with Crippen LogP contribution in [-0.4, -0.2) is 33.8 Å². The van der Waals surface area contributed by atoms with E-state index in [0.29, 0.717) is 6.54 Å². The smallest absolute Gasteiger partial charge is 0.0845 e. The Bertz CT molecular complexity index is 852. The molecule has 0 unspecified atom stereocenters. The van der Waals surface area contributed by atoms with Crippen LogP contribution in [0.2, 0.25) is 0 Å². The van der Waals surface area contributed by atoms with Gasteiger partial charge in [0.15, 0.2) is 0 Å². The molecule has 0 bridgehead atoms. The summed E-state index contributed by atoms with van der Waals surface area (Å²) in [5, 5.41) is 11.9. The number of aromatic nitrogens is 1. The van der Waals surface area contributed by atoms with Crippen molar-refractivity contribution in [1.82, 2.24) is 9.47 Å². The summed E-state index contributed by atoms with van der Waals surface area (Å²) in [7, 11) is 0. The fourth-order valence-electron chi connectivity index (χ4n) is 3.83. The molecule has 0 saturated heterocycles. The summed E-state index contributed by atoms with van der Waals surface area (Å²) in [5.41, 5.74) is 5.35. The van der Waals surface area contributed by atoms with E-state index in [-0.39, 0.29) is 6.10 Å². The van der Waals surface area contributed by atoms with Gasteiger partial charge in [-0.15, -0.1) is 0 Å². The summed E-state index contributed by atoms with van der Waals surface area (Å²) >= 11 is 0. The van der Waals surface area contributed by atoms with Gasteiger partial charge in [0.1, 0.15) is 0 Å². The molecule has 2 heterocycles. The summed E-state index contributed by atoms with van der Waals surface area (Å²) in [4.78, 5) is 2.37. The van der Waals surface area contributed by atoms with Gasteiger partial charge in [0.05, 0.1) is 6.10 Å². The Balaban J connectivity index is 1.43. The van der Waals surface area contributed by atoms with Crippen LogP contribution in [0.5, 0.6) is 0 Å². The minimum absolute atomic E-state index is 0.355. The number of β-amino-alcohol motifs (C(OH)–C–C–N with tert-alkyl or cyclic N) is 1. The Morgan fingerprint density at radius 2 is 1.83 bits per heavy atom. The van der Waals surface area contributed by atoms with Gasteiger partial charge in [0, 0.05) is 43.3 Å². The van der Waals surface area contributed by atoms with E-state index in [1.807, 2.05) is 0 Å². The number of aliphatic hydroxyl groups excluding tert-OH is 1. The van der Waals surface area contributed by atoms with Crippen molar-refractivity contribution in [2.24, 2.45) is 0 Å². The van der Waals surface area contributed by atoms with Gasteiger partial charge in [-0.25, -0.2) is 0 Å². The summed E-state index contributed by atoms with van der Waals surface area (Å²) in [6.07, 6.45) is 2.81. The maximum Gasteiger partial charge on any atom is 0.0845 e. The van der Waals surface area contributed by atoms with Crippen molar-refractivity contribution >= 4 is 10.9 Å². The van der Waals surface area contributed by atoms with Crippen LogP contribution in [0.4, 0.5) is 0 Å². The molecule has 1 aliphatic heterocycles. The van der Waals surface area contributed by atoms with Gasteiger partial charge >= 0.3 is 0 Å². The van der Waals surface area contributed by atoms with E-state index >= 15 is 0 Å². The average molecular weight is 320 g/mol. The third-order valence-electron chi connectivity index (χ3n) is 5.12. The van der Waals surface area contributed by atoms with E-state index in [4.69, 9.17) is 0 Å². The lowest BCUT2D eigenvalue weighted by molar-refractivity contribution is 0.0928. The zero-order valence-corrected chi connectivity index (χ0v) is 14.2. The normalized spacial score (nSPS) is 16.2. The number of hydrogen-bond donors (Lipinski definition) is 1. The van der Waals surface area contributed by atoms with Crippen molar-refractivity contribution in [3.05, 3.63) is 71.4 Å². The highest BCUT2D eigenvalue weighted by Gasteiger charge is 2.19. The monoisotopic (exact) mass is 320 g/mol. The molecule has 2 aromatic carbocycles. The van der Waals surface area contributed by atoms with Crippen molar-refractivity contribution in [2.75, 3.05) is 13.1 Å². The zero-order valence-electron chi connectivity index (χ0n) is 14.2. The van der Waals surface area contributed by atoms with Gasteiger partial charge in [-0.3, -0.25) is 4.90 Å². The van der Waals surface area contributed by atoms with Crippen LogP contribution in [-0.2, 0) is 19.5 Å². The molecule has 4 rings (SSSR count). The minimum Gasteiger partial charge on any atom is -0.390 e. The van der Waals surface area contributed by atoms with Crippen molar-refractivity contribution in [1.29, 1.82) is 0 Å². The number of hydrogen-bond acceptors (Lipinski definition) is 2. The lowest BCUT2D eigenvalue weighted by Gasteiger charge is -2.30. The molecule has 1 aromatic heterocycles. The van der Waals surface area contributed by atoms with Crippen LogP contribution >= 0.6 is 0 Å². The minimum atomic E-state index is -0.355. The third kappa shape index (κ3) is 2.97. The predicted molar refractivity (Wildman–Crippen MR) is 98.1 cm³/mol. The quantitative estimate of drug-likeness (QED) is 0.798. The highest BCUT2D eigenvalue weighted by molar-refractivity contribution is 5.83. The molecule has 0 fully saturated rings. The number of rotatable bonds is 4. The standard InChI is InChI=1S/C21H24N2O/c1-16-5-4-8-21-20(16)10-12-23(21)15-19(24)14-22-11-9-17-6-2-3-7-18(17)13-22/h2-8,10,12,19,24H,9,11,13-15H2,1H3/t19-/m1/s1. The highest BCUT2D eigenvalue weighted by Crippen LogP contribution is 2.21. The molecule has 1 N–H and O–H groups in total. The van der Waals surface area contributed by atoms with Crippen LogP contribution in [0.25, 0.3) is 10.9 Å². The topological polar surface area (TPSA) is 28.4 Å². The number of nitrogens with zero attached hydrogens (tertiary/aromatic N) is 2. The first kappa shape index (κ1) is 15.4. The van der Waals surface area contributed by atoms with E-state index in [2.05, 4.69) is 71.1 Å². The van der Waals surface area contributed by atoms with Gasteiger partial charge in [-0.2, -0.15) is 0 Å². The molecule has 24 heavy (non-hydrogen) atoms. The number of aliphatic hydroxyl groups is 1. The van der Waals surface area contributed by atoms with Crippen molar-refractivity contribution in [2.45, 2.75) is 32.5 Å². The molecule has 0 spiro atoms. The molecular formula is C21H24N2O. The molecule has 124 valence electrons. The largest absolute Gasteiger partial charge is 0.390 e. The van der Waals surface area contributed by atoms with Crippen LogP contribution in [0.1, 0.15) is 16.7 Å². The van der Waals surface area contributed by atoms with Gasteiger partial charge in [-0.1, -0.05) is 36.4 Å². The SMILES string of the molecule is Cc1cccc2c1ccn2C[C@H](O)CN1CCc2ccccc2C1. The second kappa shape index (κ2) is 6.42. The first-order chi connectivity index (χ1) is 11.7. The lowest BCUT2D eigenvalue weighted by Crippen LogP contribution is -2.38. The van der Waals surface area contributed by atoms with E-state index in [0.717, 1.165) is 26.1 Å². The summed E-state index contributed by atoms with van der Waals surface area (Å²) < 4.78 is 2.17. The summed E-state index contributed by atoms with van der Waals surface area (Å²) in [6, 6.07) is 17.1. The Labute approximate surface area is 143 Å². The van der Waals surface area contributed by atoms with Crippen LogP contribution in [0, 0.1) is 6.92 Å². The van der Waals surface area contributed by atoms with E-state index in [1.165, 1.54) is 27.6 Å². The summed E-state index contributed by atoms with van der Waals surface area (Å²) in [5.74, 6) is 0. The van der Waals surface area contributed by atoms with Crippen molar-refractivity contribution < 1.29 is 5.11 Å². The van der Waals surface area contributed by atoms with Crippen molar-refractivity contribution in [3.63, 3.8) is 0 Å². The third-order valence-corrected chi connectivity index (χ3v) is 5.12. The molecule has 0 aliphatic carbocycles. The number of benzene rings is 2. The average Bonchev–Trinajstić information content (AvgIpc) is 2.99. The first-order valence-electron chi connectivity index (χ1n) is 8.72. The fourth-order valence-corrected chi connectivity index (χ4v) is 3.83. The number of aryl methyl sites for hydroxylation is 1. The van der Waals surface area contributed by atoms with Gasteiger partial charge in [0.2, 0.25) is 0 Å². The predicted octanol–water partition coefficient (Wildman–Crippen LogP) is 3.37. The van der Waals surface area contributed by atoms with E-state index in [1.54, 1.807) is 0 Å². The second-order valence-corrected chi connectivity index (χ2v) is 6.88.